The van der Waals surface area contributed by atoms with Crippen molar-refractivity contribution in [3.05, 3.63) is 47.8 Å². The predicted octanol–water partition coefficient (Wildman–Crippen LogP) is 3.28. The molecule has 0 aliphatic carbocycles. The fourth-order valence-electron chi connectivity index (χ4n) is 1.60. The standard InChI is InChI=1S/C14H12FNO3S/c1-18-14(17)9-6-5-8(15)7-12(9)19-11-4-2-3-10(16)13(11)20/h2-7,20H,16H2,1H3. The minimum Gasteiger partial charge on any atom is -0.465 e. The third-order valence-corrected chi connectivity index (χ3v) is 3.08. The lowest BCUT2D eigenvalue weighted by atomic mass is 10.2. The first-order chi connectivity index (χ1) is 9.52. The van der Waals surface area contributed by atoms with Gasteiger partial charge in [0.1, 0.15) is 22.9 Å². The minimum atomic E-state index is -0.621. The Morgan fingerprint density at radius 3 is 2.70 bits per heavy atom. The number of esters is 1. The molecule has 0 aliphatic heterocycles. The Morgan fingerprint density at radius 2 is 2.00 bits per heavy atom. The van der Waals surface area contributed by atoms with Gasteiger partial charge in [-0.15, -0.1) is 12.6 Å². The van der Waals surface area contributed by atoms with E-state index in [1.54, 1.807) is 18.2 Å². The highest BCUT2D eigenvalue weighted by atomic mass is 32.1. The van der Waals surface area contributed by atoms with E-state index in [9.17, 15) is 9.18 Å². The van der Waals surface area contributed by atoms with Crippen molar-refractivity contribution < 1.29 is 18.7 Å². The smallest absolute Gasteiger partial charge is 0.341 e. The molecule has 0 aromatic heterocycles. The maximum Gasteiger partial charge on any atom is 0.341 e. The summed E-state index contributed by atoms with van der Waals surface area (Å²) in [5.41, 5.74) is 6.24. The second-order valence-electron chi connectivity index (χ2n) is 3.93. The van der Waals surface area contributed by atoms with Crippen molar-refractivity contribution in [2.75, 3.05) is 12.8 Å². The molecular formula is C14H12FNO3S. The lowest BCUT2D eigenvalue weighted by Gasteiger charge is -2.12. The predicted molar refractivity (Wildman–Crippen MR) is 75.9 cm³/mol. The van der Waals surface area contributed by atoms with Crippen LogP contribution in [0.15, 0.2) is 41.3 Å². The van der Waals surface area contributed by atoms with Gasteiger partial charge in [-0.3, -0.25) is 0 Å². The third-order valence-electron chi connectivity index (χ3n) is 2.60. The molecule has 0 aliphatic rings. The molecule has 0 saturated heterocycles. The molecule has 0 unspecified atom stereocenters. The zero-order valence-corrected chi connectivity index (χ0v) is 11.5. The van der Waals surface area contributed by atoms with Gasteiger partial charge in [0.2, 0.25) is 0 Å². The number of benzene rings is 2. The molecule has 0 heterocycles. The van der Waals surface area contributed by atoms with Crippen LogP contribution < -0.4 is 10.5 Å². The number of thiol groups is 1. The van der Waals surface area contributed by atoms with Crippen LogP contribution >= 0.6 is 12.6 Å². The number of methoxy groups -OCH3 is 1. The molecule has 2 N–H and O–H groups in total. The van der Waals surface area contributed by atoms with Crippen LogP contribution in [0.4, 0.5) is 10.1 Å². The van der Waals surface area contributed by atoms with E-state index in [0.29, 0.717) is 16.3 Å². The van der Waals surface area contributed by atoms with E-state index in [2.05, 4.69) is 17.4 Å². The summed E-state index contributed by atoms with van der Waals surface area (Å²) in [5, 5.41) is 0. The Hall–Kier alpha value is -2.21. The van der Waals surface area contributed by atoms with Crippen molar-refractivity contribution in [1.82, 2.24) is 0 Å². The number of halogens is 1. The van der Waals surface area contributed by atoms with Gasteiger partial charge < -0.3 is 15.2 Å². The molecular weight excluding hydrogens is 281 g/mol. The van der Waals surface area contributed by atoms with Crippen molar-refractivity contribution in [2.45, 2.75) is 4.90 Å². The van der Waals surface area contributed by atoms with Crippen LogP contribution in [0.3, 0.4) is 0 Å². The van der Waals surface area contributed by atoms with E-state index in [0.717, 1.165) is 12.1 Å². The minimum absolute atomic E-state index is 0.0396. The van der Waals surface area contributed by atoms with Gasteiger partial charge in [-0.1, -0.05) is 6.07 Å². The number of anilines is 1. The Bertz CT molecular complexity index is 661. The number of hydrogen-bond donors (Lipinski definition) is 2. The molecule has 0 amide bonds. The van der Waals surface area contributed by atoms with Crippen molar-refractivity contribution in [3.8, 4) is 11.5 Å². The number of nitrogens with two attached hydrogens (primary N) is 1. The third kappa shape index (κ3) is 2.85. The van der Waals surface area contributed by atoms with Crippen molar-refractivity contribution in [3.63, 3.8) is 0 Å². The molecule has 0 radical (unpaired) electrons. The van der Waals surface area contributed by atoms with Gasteiger partial charge in [0.25, 0.3) is 0 Å². The van der Waals surface area contributed by atoms with E-state index in [1.165, 1.54) is 13.2 Å². The second-order valence-corrected chi connectivity index (χ2v) is 4.38. The van der Waals surface area contributed by atoms with Crippen LogP contribution in [0.5, 0.6) is 11.5 Å². The molecule has 104 valence electrons. The Morgan fingerprint density at radius 1 is 1.25 bits per heavy atom. The second kappa shape index (κ2) is 5.83. The molecule has 20 heavy (non-hydrogen) atoms. The lowest BCUT2D eigenvalue weighted by molar-refractivity contribution is 0.0598. The van der Waals surface area contributed by atoms with Crippen LogP contribution in [0.2, 0.25) is 0 Å². The zero-order chi connectivity index (χ0) is 14.7. The summed E-state index contributed by atoms with van der Waals surface area (Å²) in [6.07, 6.45) is 0. The number of hydrogen-bond acceptors (Lipinski definition) is 5. The van der Waals surface area contributed by atoms with E-state index in [-0.39, 0.29) is 11.3 Å². The number of ether oxygens (including phenoxy) is 2. The van der Waals surface area contributed by atoms with Crippen LogP contribution in [0, 0.1) is 5.82 Å². The van der Waals surface area contributed by atoms with Crippen molar-refractivity contribution >= 4 is 24.3 Å². The summed E-state index contributed by atoms with van der Waals surface area (Å²) in [4.78, 5) is 12.0. The highest BCUT2D eigenvalue weighted by molar-refractivity contribution is 7.80. The normalized spacial score (nSPS) is 10.2. The summed E-state index contributed by atoms with van der Waals surface area (Å²) in [7, 11) is 1.24. The molecule has 0 saturated carbocycles. The maximum absolute atomic E-state index is 13.3. The van der Waals surface area contributed by atoms with Gasteiger partial charge in [-0.05, 0) is 24.3 Å². The fraction of sp³-hybridized carbons (Fsp3) is 0.0714. The van der Waals surface area contributed by atoms with Gasteiger partial charge in [-0.25, -0.2) is 9.18 Å². The fourth-order valence-corrected chi connectivity index (χ4v) is 1.79. The van der Waals surface area contributed by atoms with E-state index in [1.807, 2.05) is 0 Å². The Kier molecular flexibility index (Phi) is 4.14. The zero-order valence-electron chi connectivity index (χ0n) is 10.6. The largest absolute Gasteiger partial charge is 0.465 e. The van der Waals surface area contributed by atoms with Crippen LogP contribution in [0.1, 0.15) is 10.4 Å². The summed E-state index contributed by atoms with van der Waals surface area (Å²) in [6, 6.07) is 8.48. The molecule has 0 fully saturated rings. The lowest BCUT2D eigenvalue weighted by Crippen LogP contribution is -2.04. The van der Waals surface area contributed by atoms with E-state index >= 15 is 0 Å². The Labute approximate surface area is 120 Å². The molecule has 4 nitrogen and oxygen atoms in total. The average molecular weight is 293 g/mol. The SMILES string of the molecule is COC(=O)c1ccc(F)cc1Oc1cccc(N)c1S. The average Bonchev–Trinajstić information content (AvgIpc) is 2.43. The molecule has 0 bridgehead atoms. The van der Waals surface area contributed by atoms with Crippen LogP contribution in [-0.2, 0) is 4.74 Å². The van der Waals surface area contributed by atoms with Gasteiger partial charge in [-0.2, -0.15) is 0 Å². The van der Waals surface area contributed by atoms with E-state index < -0.39 is 11.8 Å². The van der Waals surface area contributed by atoms with Crippen LogP contribution in [0.25, 0.3) is 0 Å². The summed E-state index contributed by atoms with van der Waals surface area (Å²) in [5.74, 6) is -0.788. The molecule has 0 atom stereocenters. The maximum atomic E-state index is 13.3. The van der Waals surface area contributed by atoms with Crippen LogP contribution in [-0.4, -0.2) is 13.1 Å². The molecule has 2 aromatic carbocycles. The van der Waals surface area contributed by atoms with E-state index in [4.69, 9.17) is 10.5 Å². The monoisotopic (exact) mass is 293 g/mol. The first kappa shape index (κ1) is 14.2. The van der Waals surface area contributed by atoms with Crippen molar-refractivity contribution in [1.29, 1.82) is 0 Å². The molecule has 2 aromatic rings. The summed E-state index contributed by atoms with van der Waals surface area (Å²) >= 11 is 4.22. The number of nitrogen functional groups attached to an aromatic ring is 1. The first-order valence-electron chi connectivity index (χ1n) is 5.66. The quantitative estimate of drug-likeness (QED) is 0.518. The highest BCUT2D eigenvalue weighted by Crippen LogP contribution is 2.34. The van der Waals surface area contributed by atoms with Gasteiger partial charge in [0, 0.05) is 11.8 Å². The molecule has 2 rings (SSSR count). The number of carbonyl (C=O) groups is 1. The van der Waals surface area contributed by atoms with Gasteiger partial charge >= 0.3 is 5.97 Å². The molecule has 6 heteroatoms. The summed E-state index contributed by atoms with van der Waals surface area (Å²) < 4.78 is 23.5. The Balaban J connectivity index is 2.44. The van der Waals surface area contributed by atoms with Gasteiger partial charge in [0.05, 0.1) is 12.0 Å². The first-order valence-corrected chi connectivity index (χ1v) is 6.11. The van der Waals surface area contributed by atoms with Crippen molar-refractivity contribution in [2.24, 2.45) is 0 Å². The summed E-state index contributed by atoms with van der Waals surface area (Å²) in [6.45, 7) is 0. The molecule has 0 spiro atoms. The number of carbonyl (C=O) groups excluding carboxylic acids is 1. The topological polar surface area (TPSA) is 61.5 Å². The number of rotatable bonds is 3. The van der Waals surface area contributed by atoms with Gasteiger partial charge in [0.15, 0.2) is 0 Å². The highest BCUT2D eigenvalue weighted by Gasteiger charge is 2.16.